The Bertz CT molecular complexity index is 664. The van der Waals surface area contributed by atoms with Crippen molar-refractivity contribution in [1.82, 2.24) is 10.6 Å². The van der Waals surface area contributed by atoms with Crippen molar-refractivity contribution >= 4 is 41.5 Å². The lowest BCUT2D eigenvalue weighted by molar-refractivity contribution is 0.409. The Balaban J connectivity index is 0.00000288. The average Bonchev–Trinajstić information content (AvgIpc) is 2.57. The van der Waals surface area contributed by atoms with Crippen LogP contribution < -0.4 is 15.4 Å². The number of para-hydroxylation sites is 1. The van der Waals surface area contributed by atoms with Crippen molar-refractivity contribution in [3.8, 4) is 5.75 Å². The summed E-state index contributed by atoms with van der Waals surface area (Å²) in [6.45, 7) is 4.06. The number of aliphatic imine (C=N–C) groups is 1. The molecule has 2 N–H and O–H groups in total. The zero-order valence-electron chi connectivity index (χ0n) is 13.9. The van der Waals surface area contributed by atoms with E-state index in [1.165, 1.54) is 0 Å². The Morgan fingerprint density at radius 3 is 2.62 bits per heavy atom. The van der Waals surface area contributed by atoms with E-state index in [1.54, 1.807) is 7.11 Å². The minimum atomic E-state index is 0. The SMILES string of the molecule is CCNC(=NCc1cccc(Cl)c1)NCc1ccccc1OC.I. The number of halogens is 2. The minimum absolute atomic E-state index is 0. The number of nitrogens with zero attached hydrogens (tertiary/aromatic N) is 1. The van der Waals surface area contributed by atoms with E-state index in [1.807, 2.05) is 55.5 Å². The first kappa shape index (κ1) is 20.6. The summed E-state index contributed by atoms with van der Waals surface area (Å²) in [7, 11) is 1.68. The monoisotopic (exact) mass is 459 g/mol. The van der Waals surface area contributed by atoms with Crippen LogP contribution in [0.2, 0.25) is 5.02 Å². The smallest absolute Gasteiger partial charge is 0.191 e. The Kier molecular flexibility index (Phi) is 9.56. The third-order valence-electron chi connectivity index (χ3n) is 3.29. The fourth-order valence-corrected chi connectivity index (χ4v) is 2.39. The molecule has 24 heavy (non-hydrogen) atoms. The van der Waals surface area contributed by atoms with Crippen molar-refractivity contribution in [3.05, 3.63) is 64.7 Å². The van der Waals surface area contributed by atoms with Crippen LogP contribution in [-0.4, -0.2) is 19.6 Å². The van der Waals surface area contributed by atoms with Crippen LogP contribution in [0, 0.1) is 0 Å². The van der Waals surface area contributed by atoms with Crippen LogP contribution >= 0.6 is 35.6 Å². The number of hydrogen-bond acceptors (Lipinski definition) is 2. The molecule has 0 aliphatic heterocycles. The summed E-state index contributed by atoms with van der Waals surface area (Å²) in [5.74, 6) is 1.63. The lowest BCUT2D eigenvalue weighted by atomic mass is 10.2. The van der Waals surface area contributed by atoms with Gasteiger partial charge in [-0.2, -0.15) is 0 Å². The molecule has 130 valence electrons. The maximum absolute atomic E-state index is 6.00. The second kappa shape index (κ2) is 11.1. The Labute approximate surface area is 165 Å². The normalized spacial score (nSPS) is 10.7. The van der Waals surface area contributed by atoms with E-state index in [0.717, 1.165) is 34.4 Å². The number of nitrogens with one attached hydrogen (secondary N) is 2. The fraction of sp³-hybridized carbons (Fsp3) is 0.278. The highest BCUT2D eigenvalue weighted by atomic mass is 127. The van der Waals surface area contributed by atoms with Gasteiger partial charge in [-0.05, 0) is 30.7 Å². The molecule has 0 aromatic heterocycles. The predicted octanol–water partition coefficient (Wildman–Crippen LogP) is 4.22. The minimum Gasteiger partial charge on any atom is -0.496 e. The molecular weight excluding hydrogens is 437 g/mol. The summed E-state index contributed by atoms with van der Waals surface area (Å²) in [5.41, 5.74) is 2.16. The summed E-state index contributed by atoms with van der Waals surface area (Å²) in [6.07, 6.45) is 0. The third kappa shape index (κ3) is 6.57. The summed E-state index contributed by atoms with van der Waals surface area (Å²) >= 11 is 6.00. The van der Waals surface area contributed by atoms with Crippen molar-refractivity contribution < 1.29 is 4.74 Å². The topological polar surface area (TPSA) is 45.7 Å². The van der Waals surface area contributed by atoms with E-state index in [2.05, 4.69) is 15.6 Å². The van der Waals surface area contributed by atoms with Crippen molar-refractivity contribution in [1.29, 1.82) is 0 Å². The Morgan fingerprint density at radius 2 is 1.92 bits per heavy atom. The van der Waals surface area contributed by atoms with Gasteiger partial charge in [0.15, 0.2) is 5.96 Å². The summed E-state index contributed by atoms with van der Waals surface area (Å²) < 4.78 is 5.37. The van der Waals surface area contributed by atoms with E-state index < -0.39 is 0 Å². The molecule has 0 saturated heterocycles. The van der Waals surface area contributed by atoms with Crippen LogP contribution in [0.15, 0.2) is 53.5 Å². The van der Waals surface area contributed by atoms with Crippen LogP contribution in [0.25, 0.3) is 0 Å². The highest BCUT2D eigenvalue weighted by molar-refractivity contribution is 14.0. The number of rotatable bonds is 6. The molecule has 4 nitrogen and oxygen atoms in total. The first-order valence-electron chi connectivity index (χ1n) is 7.61. The lowest BCUT2D eigenvalue weighted by Crippen LogP contribution is -2.36. The molecule has 2 aromatic carbocycles. The predicted molar refractivity (Wildman–Crippen MR) is 112 cm³/mol. The summed E-state index contributed by atoms with van der Waals surface area (Å²) in [4.78, 5) is 4.59. The Hall–Kier alpha value is -1.47. The highest BCUT2D eigenvalue weighted by Gasteiger charge is 2.03. The molecule has 0 radical (unpaired) electrons. The van der Waals surface area contributed by atoms with Crippen LogP contribution in [-0.2, 0) is 13.1 Å². The first-order valence-corrected chi connectivity index (χ1v) is 7.99. The van der Waals surface area contributed by atoms with Gasteiger partial charge in [0.1, 0.15) is 5.75 Å². The van der Waals surface area contributed by atoms with Gasteiger partial charge < -0.3 is 15.4 Å². The molecule has 2 rings (SSSR count). The van der Waals surface area contributed by atoms with Gasteiger partial charge in [0.25, 0.3) is 0 Å². The van der Waals surface area contributed by atoms with E-state index in [9.17, 15) is 0 Å². The number of ether oxygens (including phenoxy) is 1. The fourth-order valence-electron chi connectivity index (χ4n) is 2.18. The van der Waals surface area contributed by atoms with Crippen molar-refractivity contribution in [2.24, 2.45) is 4.99 Å². The van der Waals surface area contributed by atoms with Crippen LogP contribution in [0.5, 0.6) is 5.75 Å². The van der Waals surface area contributed by atoms with Gasteiger partial charge in [0.05, 0.1) is 13.7 Å². The molecule has 0 fully saturated rings. The quantitative estimate of drug-likeness (QED) is 0.386. The average molecular weight is 460 g/mol. The molecule has 0 aliphatic carbocycles. The molecule has 2 aromatic rings. The van der Waals surface area contributed by atoms with E-state index >= 15 is 0 Å². The molecule has 0 atom stereocenters. The third-order valence-corrected chi connectivity index (χ3v) is 3.53. The van der Waals surface area contributed by atoms with Gasteiger partial charge in [-0.3, -0.25) is 0 Å². The van der Waals surface area contributed by atoms with E-state index in [-0.39, 0.29) is 24.0 Å². The zero-order chi connectivity index (χ0) is 16.5. The standard InChI is InChI=1S/C18H22ClN3O.HI/c1-3-20-18(21-12-14-7-6-9-16(19)11-14)22-13-15-8-4-5-10-17(15)23-2;/h4-11H,3,12-13H2,1-2H3,(H2,20,21,22);1H. The molecular formula is C18H23ClIN3O. The molecule has 0 amide bonds. The van der Waals surface area contributed by atoms with Gasteiger partial charge in [-0.1, -0.05) is 41.9 Å². The van der Waals surface area contributed by atoms with Gasteiger partial charge in [-0.15, -0.1) is 24.0 Å². The zero-order valence-corrected chi connectivity index (χ0v) is 17.0. The van der Waals surface area contributed by atoms with Crippen molar-refractivity contribution in [2.75, 3.05) is 13.7 Å². The number of hydrogen-bond donors (Lipinski definition) is 2. The van der Waals surface area contributed by atoms with Crippen LogP contribution in [0.4, 0.5) is 0 Å². The molecule has 0 aliphatic rings. The molecule has 0 saturated carbocycles. The van der Waals surface area contributed by atoms with E-state index in [4.69, 9.17) is 16.3 Å². The second-order valence-electron chi connectivity index (χ2n) is 4.99. The van der Waals surface area contributed by atoms with Gasteiger partial charge in [0.2, 0.25) is 0 Å². The largest absolute Gasteiger partial charge is 0.496 e. The van der Waals surface area contributed by atoms with E-state index in [0.29, 0.717) is 13.1 Å². The van der Waals surface area contributed by atoms with Crippen LogP contribution in [0.1, 0.15) is 18.1 Å². The maximum atomic E-state index is 6.00. The number of guanidine groups is 1. The second-order valence-corrected chi connectivity index (χ2v) is 5.43. The molecule has 0 bridgehead atoms. The lowest BCUT2D eigenvalue weighted by Gasteiger charge is -2.13. The number of methoxy groups -OCH3 is 1. The first-order chi connectivity index (χ1) is 11.2. The van der Waals surface area contributed by atoms with Gasteiger partial charge >= 0.3 is 0 Å². The van der Waals surface area contributed by atoms with Crippen molar-refractivity contribution in [3.63, 3.8) is 0 Å². The van der Waals surface area contributed by atoms with Crippen LogP contribution in [0.3, 0.4) is 0 Å². The van der Waals surface area contributed by atoms with Crippen molar-refractivity contribution in [2.45, 2.75) is 20.0 Å². The van der Waals surface area contributed by atoms with Gasteiger partial charge in [0, 0.05) is 23.7 Å². The molecule has 0 heterocycles. The Morgan fingerprint density at radius 1 is 1.12 bits per heavy atom. The summed E-state index contributed by atoms with van der Waals surface area (Å²) in [6, 6.07) is 15.7. The molecule has 0 unspecified atom stereocenters. The molecule has 0 spiro atoms. The maximum Gasteiger partial charge on any atom is 0.191 e. The summed E-state index contributed by atoms with van der Waals surface area (Å²) in [5, 5.41) is 7.29. The van der Waals surface area contributed by atoms with Gasteiger partial charge in [-0.25, -0.2) is 4.99 Å². The highest BCUT2D eigenvalue weighted by Crippen LogP contribution is 2.16. The molecule has 6 heteroatoms. The number of benzene rings is 2.